The van der Waals surface area contributed by atoms with Crippen molar-refractivity contribution in [1.29, 1.82) is 0 Å². The van der Waals surface area contributed by atoms with Gasteiger partial charge in [-0.15, -0.1) is 10.2 Å². The summed E-state index contributed by atoms with van der Waals surface area (Å²) < 4.78 is 5.12. The molecule has 8 heteroatoms. The lowest BCUT2D eigenvalue weighted by Crippen LogP contribution is -2.12. The van der Waals surface area contributed by atoms with E-state index < -0.39 is 0 Å². The Morgan fingerprint density at radius 3 is 2.58 bits per heavy atom. The third kappa shape index (κ3) is 3.67. The zero-order valence-corrected chi connectivity index (χ0v) is 14.7. The van der Waals surface area contributed by atoms with E-state index in [1.54, 1.807) is 19.2 Å². The highest BCUT2D eigenvalue weighted by Gasteiger charge is 2.14. The number of ether oxygens (including phenoxy) is 1. The summed E-state index contributed by atoms with van der Waals surface area (Å²) in [4.78, 5) is 12.3. The first kappa shape index (κ1) is 16.7. The molecule has 0 saturated carbocycles. The fourth-order valence-electron chi connectivity index (χ4n) is 1.96. The van der Waals surface area contributed by atoms with E-state index in [-0.39, 0.29) is 11.5 Å². The summed E-state index contributed by atoms with van der Waals surface area (Å²) in [5.74, 6) is 0.368. The van der Waals surface area contributed by atoms with Crippen LogP contribution in [0.25, 0.3) is 10.6 Å². The molecule has 5 nitrogen and oxygen atoms in total. The lowest BCUT2D eigenvalue weighted by molar-refractivity contribution is 0.102. The number of carbonyl (C=O) groups is 1. The highest BCUT2D eigenvalue weighted by molar-refractivity contribution is 7.18. The van der Waals surface area contributed by atoms with Crippen molar-refractivity contribution in [3.63, 3.8) is 0 Å². The fourth-order valence-corrected chi connectivity index (χ4v) is 3.08. The summed E-state index contributed by atoms with van der Waals surface area (Å²) in [5, 5.41) is 12.6. The van der Waals surface area contributed by atoms with E-state index in [0.29, 0.717) is 20.2 Å². The number of aromatic nitrogens is 2. The van der Waals surface area contributed by atoms with Gasteiger partial charge in [-0.2, -0.15) is 0 Å². The Balaban J connectivity index is 1.78. The standard InChI is InChI=1S/C16H11Cl2N3O2S/c1-23-11-5-2-9(3-6-11)15-20-21-16(24-15)19-14(22)12-8-10(17)4-7-13(12)18/h2-8H,1H3,(H,19,21,22). The first-order valence-electron chi connectivity index (χ1n) is 6.81. The van der Waals surface area contributed by atoms with Crippen molar-refractivity contribution in [2.45, 2.75) is 0 Å². The highest BCUT2D eigenvalue weighted by atomic mass is 35.5. The maximum absolute atomic E-state index is 12.3. The summed E-state index contributed by atoms with van der Waals surface area (Å²) in [7, 11) is 1.61. The smallest absolute Gasteiger partial charge is 0.259 e. The lowest BCUT2D eigenvalue weighted by Gasteiger charge is -2.04. The van der Waals surface area contributed by atoms with Crippen LogP contribution in [0.15, 0.2) is 42.5 Å². The molecule has 0 saturated heterocycles. The fraction of sp³-hybridized carbons (Fsp3) is 0.0625. The molecular formula is C16H11Cl2N3O2S. The highest BCUT2D eigenvalue weighted by Crippen LogP contribution is 2.28. The average molecular weight is 380 g/mol. The van der Waals surface area contributed by atoms with E-state index in [9.17, 15) is 4.79 Å². The number of rotatable bonds is 4. The second kappa shape index (κ2) is 7.17. The summed E-state index contributed by atoms with van der Waals surface area (Å²) in [5.41, 5.74) is 1.17. The largest absolute Gasteiger partial charge is 0.497 e. The number of nitrogens with zero attached hydrogens (tertiary/aromatic N) is 2. The van der Waals surface area contributed by atoms with Gasteiger partial charge in [-0.05, 0) is 42.5 Å². The number of nitrogens with one attached hydrogen (secondary N) is 1. The van der Waals surface area contributed by atoms with Gasteiger partial charge in [-0.25, -0.2) is 0 Å². The van der Waals surface area contributed by atoms with Crippen LogP contribution < -0.4 is 10.1 Å². The molecular weight excluding hydrogens is 369 g/mol. The SMILES string of the molecule is COc1ccc(-c2nnc(NC(=O)c3cc(Cl)ccc3Cl)s2)cc1. The second-order valence-electron chi connectivity index (χ2n) is 4.72. The Hall–Kier alpha value is -2.15. The van der Waals surface area contributed by atoms with Gasteiger partial charge in [0.2, 0.25) is 5.13 Å². The molecule has 0 aliphatic rings. The molecule has 1 amide bonds. The Labute approximate surface area is 152 Å². The van der Waals surface area contributed by atoms with Crippen LogP contribution in [0.4, 0.5) is 5.13 Å². The van der Waals surface area contributed by atoms with Crippen LogP contribution in [0.5, 0.6) is 5.75 Å². The van der Waals surface area contributed by atoms with Crippen molar-refractivity contribution in [1.82, 2.24) is 10.2 Å². The number of amides is 1. The average Bonchev–Trinajstić information content (AvgIpc) is 3.05. The minimum atomic E-state index is -0.389. The third-order valence-corrected chi connectivity index (χ3v) is 4.61. The molecule has 2 aromatic carbocycles. The van der Waals surface area contributed by atoms with E-state index in [1.807, 2.05) is 24.3 Å². The van der Waals surface area contributed by atoms with Gasteiger partial charge in [0.25, 0.3) is 5.91 Å². The van der Waals surface area contributed by atoms with Gasteiger partial charge in [0.05, 0.1) is 17.7 Å². The van der Waals surface area contributed by atoms with Gasteiger partial charge in [0.1, 0.15) is 10.8 Å². The van der Waals surface area contributed by atoms with Crippen molar-refractivity contribution >= 4 is 45.6 Å². The van der Waals surface area contributed by atoms with E-state index in [0.717, 1.165) is 11.3 Å². The molecule has 0 atom stereocenters. The third-order valence-electron chi connectivity index (χ3n) is 3.16. The molecule has 122 valence electrons. The van der Waals surface area contributed by atoms with Crippen LogP contribution in [0, 0.1) is 0 Å². The first-order chi connectivity index (χ1) is 11.6. The summed E-state index contributed by atoms with van der Waals surface area (Å²) in [6.07, 6.45) is 0. The zero-order chi connectivity index (χ0) is 17.1. The topological polar surface area (TPSA) is 64.1 Å². The molecule has 3 aromatic rings. The summed E-state index contributed by atoms with van der Waals surface area (Å²) >= 11 is 13.2. The molecule has 0 aliphatic heterocycles. The number of hydrogen-bond acceptors (Lipinski definition) is 5. The van der Waals surface area contributed by atoms with Crippen LogP contribution >= 0.6 is 34.5 Å². The normalized spacial score (nSPS) is 10.5. The molecule has 24 heavy (non-hydrogen) atoms. The molecule has 1 heterocycles. The number of benzene rings is 2. The van der Waals surface area contributed by atoms with E-state index in [2.05, 4.69) is 15.5 Å². The maximum Gasteiger partial charge on any atom is 0.259 e. The van der Waals surface area contributed by atoms with Gasteiger partial charge in [-0.1, -0.05) is 34.5 Å². The van der Waals surface area contributed by atoms with Gasteiger partial charge >= 0.3 is 0 Å². The number of hydrogen-bond donors (Lipinski definition) is 1. The molecule has 0 bridgehead atoms. The Kier molecular flexibility index (Phi) is 4.99. The number of carbonyl (C=O) groups excluding carboxylic acids is 1. The Bertz CT molecular complexity index is 881. The second-order valence-corrected chi connectivity index (χ2v) is 6.54. The predicted octanol–water partition coefficient (Wildman–Crippen LogP) is 4.77. The zero-order valence-electron chi connectivity index (χ0n) is 12.4. The monoisotopic (exact) mass is 379 g/mol. The lowest BCUT2D eigenvalue weighted by atomic mass is 10.2. The first-order valence-corrected chi connectivity index (χ1v) is 8.38. The van der Waals surface area contributed by atoms with Crippen molar-refractivity contribution in [3.05, 3.63) is 58.1 Å². The van der Waals surface area contributed by atoms with Crippen LogP contribution in [-0.4, -0.2) is 23.2 Å². The van der Waals surface area contributed by atoms with Crippen molar-refractivity contribution < 1.29 is 9.53 Å². The van der Waals surface area contributed by atoms with Gasteiger partial charge in [-0.3, -0.25) is 10.1 Å². The predicted molar refractivity (Wildman–Crippen MR) is 96.3 cm³/mol. The van der Waals surface area contributed by atoms with E-state index >= 15 is 0 Å². The van der Waals surface area contributed by atoms with Crippen molar-refractivity contribution in [2.75, 3.05) is 12.4 Å². The number of halogens is 2. The Morgan fingerprint density at radius 1 is 1.12 bits per heavy atom. The quantitative estimate of drug-likeness (QED) is 0.708. The summed E-state index contributed by atoms with van der Waals surface area (Å²) in [6, 6.07) is 12.1. The van der Waals surface area contributed by atoms with Gasteiger partial charge in [0.15, 0.2) is 0 Å². The molecule has 0 unspecified atom stereocenters. The molecule has 1 N–H and O–H groups in total. The van der Waals surface area contributed by atoms with Gasteiger partial charge < -0.3 is 4.74 Å². The minimum absolute atomic E-state index is 0.283. The molecule has 3 rings (SSSR count). The van der Waals surface area contributed by atoms with Crippen LogP contribution in [0.2, 0.25) is 10.0 Å². The molecule has 0 aliphatic carbocycles. The molecule has 1 aromatic heterocycles. The Morgan fingerprint density at radius 2 is 1.88 bits per heavy atom. The van der Waals surface area contributed by atoms with Crippen molar-refractivity contribution in [3.8, 4) is 16.3 Å². The van der Waals surface area contributed by atoms with E-state index in [1.165, 1.54) is 17.4 Å². The minimum Gasteiger partial charge on any atom is -0.497 e. The van der Waals surface area contributed by atoms with Crippen LogP contribution in [-0.2, 0) is 0 Å². The summed E-state index contributed by atoms with van der Waals surface area (Å²) in [6.45, 7) is 0. The van der Waals surface area contributed by atoms with E-state index in [4.69, 9.17) is 27.9 Å². The van der Waals surface area contributed by atoms with Crippen LogP contribution in [0.3, 0.4) is 0 Å². The van der Waals surface area contributed by atoms with Gasteiger partial charge in [0, 0.05) is 10.6 Å². The molecule has 0 spiro atoms. The number of methoxy groups -OCH3 is 1. The van der Waals surface area contributed by atoms with Crippen molar-refractivity contribution in [2.24, 2.45) is 0 Å². The number of anilines is 1. The maximum atomic E-state index is 12.3. The molecule has 0 fully saturated rings. The van der Waals surface area contributed by atoms with Crippen LogP contribution in [0.1, 0.15) is 10.4 Å². The molecule has 0 radical (unpaired) electrons.